The van der Waals surface area contributed by atoms with Crippen LogP contribution in [0.5, 0.6) is 5.75 Å². The Hall–Kier alpha value is -1.07. The molecule has 0 bridgehead atoms. The van der Waals surface area contributed by atoms with Crippen LogP contribution in [0.1, 0.15) is 43.0 Å². The molecule has 1 aromatic rings. The first-order valence-electron chi connectivity index (χ1n) is 6.51. The van der Waals surface area contributed by atoms with Gasteiger partial charge in [0.05, 0.1) is 7.11 Å². The molecule has 112 valence electrons. The zero-order valence-corrected chi connectivity index (χ0v) is 14.3. The highest BCUT2D eigenvalue weighted by atomic mass is 79.9. The summed E-state index contributed by atoms with van der Waals surface area (Å²) in [6.07, 6.45) is 0.468. The van der Waals surface area contributed by atoms with Gasteiger partial charge in [0.2, 0.25) is 5.91 Å². The summed E-state index contributed by atoms with van der Waals surface area (Å²) in [4.78, 5) is 11.5. The van der Waals surface area contributed by atoms with Crippen molar-refractivity contribution in [2.45, 2.75) is 40.2 Å². The maximum absolute atomic E-state index is 11.5. The van der Waals surface area contributed by atoms with E-state index in [0.717, 1.165) is 26.9 Å². The number of carbonyl (C=O) groups excluding carboxylic acids is 1. The number of hydrogen-bond acceptors (Lipinski definition) is 3. The molecule has 5 heteroatoms. The highest BCUT2D eigenvalue weighted by Crippen LogP contribution is 2.39. The van der Waals surface area contributed by atoms with Gasteiger partial charge in [-0.3, -0.25) is 4.79 Å². The van der Waals surface area contributed by atoms with Gasteiger partial charge in [-0.1, -0.05) is 29.8 Å². The zero-order chi connectivity index (χ0) is 15.7. The van der Waals surface area contributed by atoms with Gasteiger partial charge in [0, 0.05) is 21.5 Å². The van der Waals surface area contributed by atoms with Crippen LogP contribution in [0.4, 0.5) is 0 Å². The Kier molecular flexibility index (Phi) is 5.21. The van der Waals surface area contributed by atoms with E-state index in [1.54, 1.807) is 7.11 Å². The number of aryl methyl sites for hydroxylation is 1. The van der Waals surface area contributed by atoms with Crippen molar-refractivity contribution in [1.29, 1.82) is 0 Å². The first-order chi connectivity index (χ1) is 9.11. The zero-order valence-electron chi connectivity index (χ0n) is 12.7. The predicted molar refractivity (Wildman–Crippen MR) is 84.7 cm³/mol. The Balaban J connectivity index is 3.28. The predicted octanol–water partition coefficient (Wildman–Crippen LogP) is 2.98. The Labute approximate surface area is 129 Å². The van der Waals surface area contributed by atoms with Gasteiger partial charge in [-0.05, 0) is 37.5 Å². The first-order valence-corrected chi connectivity index (χ1v) is 7.30. The monoisotopic (exact) mass is 342 g/mol. The minimum atomic E-state index is -0.660. The van der Waals surface area contributed by atoms with Gasteiger partial charge in [-0.2, -0.15) is 0 Å². The molecule has 0 aliphatic carbocycles. The van der Waals surface area contributed by atoms with Crippen LogP contribution >= 0.6 is 15.9 Å². The van der Waals surface area contributed by atoms with Gasteiger partial charge in [-0.15, -0.1) is 0 Å². The Morgan fingerprint density at radius 2 is 2.00 bits per heavy atom. The quantitative estimate of drug-likeness (QED) is 0.863. The van der Waals surface area contributed by atoms with Gasteiger partial charge in [0.15, 0.2) is 0 Å². The third kappa shape index (κ3) is 3.33. The lowest BCUT2D eigenvalue weighted by Gasteiger charge is -2.27. The largest absolute Gasteiger partial charge is 0.496 e. The second-order valence-corrected chi connectivity index (χ2v) is 6.66. The average molecular weight is 343 g/mol. The number of primary amides is 1. The lowest BCUT2D eigenvalue weighted by Crippen LogP contribution is -2.35. The summed E-state index contributed by atoms with van der Waals surface area (Å²) >= 11 is 3.53. The van der Waals surface area contributed by atoms with Crippen LogP contribution in [-0.4, -0.2) is 13.0 Å². The minimum absolute atomic E-state index is 0.316. The number of ether oxygens (including phenoxy) is 1. The van der Waals surface area contributed by atoms with Crippen LogP contribution in [0.25, 0.3) is 0 Å². The van der Waals surface area contributed by atoms with E-state index >= 15 is 0 Å². The Morgan fingerprint density at radius 3 is 2.45 bits per heavy atom. The van der Waals surface area contributed by atoms with Gasteiger partial charge in [0.25, 0.3) is 0 Å². The van der Waals surface area contributed by atoms with Gasteiger partial charge >= 0.3 is 0 Å². The van der Waals surface area contributed by atoms with Gasteiger partial charge in [0.1, 0.15) is 5.75 Å². The van der Waals surface area contributed by atoms with Crippen LogP contribution in [0.15, 0.2) is 10.5 Å². The van der Waals surface area contributed by atoms with Gasteiger partial charge in [-0.25, -0.2) is 0 Å². The molecule has 0 saturated heterocycles. The fourth-order valence-electron chi connectivity index (χ4n) is 2.35. The summed E-state index contributed by atoms with van der Waals surface area (Å²) in [6, 6.07) is 1.69. The molecule has 1 aromatic carbocycles. The summed E-state index contributed by atoms with van der Waals surface area (Å²) < 4.78 is 6.48. The van der Waals surface area contributed by atoms with Crippen molar-refractivity contribution in [3.8, 4) is 5.75 Å². The summed E-state index contributed by atoms with van der Waals surface area (Å²) in [5, 5.41) is 0. The second-order valence-electron chi connectivity index (χ2n) is 5.81. The number of rotatable bonds is 5. The molecule has 0 saturated carbocycles. The van der Waals surface area contributed by atoms with Crippen molar-refractivity contribution >= 4 is 21.8 Å². The topological polar surface area (TPSA) is 78.3 Å². The number of amides is 1. The van der Waals surface area contributed by atoms with Crippen molar-refractivity contribution < 1.29 is 9.53 Å². The van der Waals surface area contributed by atoms with E-state index in [-0.39, 0.29) is 11.9 Å². The van der Waals surface area contributed by atoms with Crippen molar-refractivity contribution in [3.05, 3.63) is 27.2 Å². The standard InChI is InChI=1S/C15H23BrN2O2/c1-8-6-10(16)9(2)12(13(8)20-5)11(17)7-15(3,4)14(18)19/h6,11H,7,17H2,1-5H3,(H2,18,19). The molecular weight excluding hydrogens is 320 g/mol. The molecule has 1 amide bonds. The van der Waals surface area contributed by atoms with Crippen LogP contribution in [0.2, 0.25) is 0 Å². The first kappa shape index (κ1) is 17.0. The smallest absolute Gasteiger partial charge is 0.223 e. The molecule has 0 aliphatic heterocycles. The van der Waals surface area contributed by atoms with Crippen molar-refractivity contribution in [3.63, 3.8) is 0 Å². The third-order valence-corrected chi connectivity index (χ3v) is 4.50. The molecule has 1 atom stereocenters. The normalized spacial score (nSPS) is 13.2. The molecule has 1 rings (SSSR count). The highest BCUT2D eigenvalue weighted by molar-refractivity contribution is 9.10. The fourth-order valence-corrected chi connectivity index (χ4v) is 2.90. The molecule has 0 fully saturated rings. The van der Waals surface area contributed by atoms with E-state index in [0.29, 0.717) is 6.42 Å². The summed E-state index contributed by atoms with van der Waals surface area (Å²) in [6.45, 7) is 7.57. The van der Waals surface area contributed by atoms with E-state index in [1.165, 1.54) is 0 Å². The average Bonchev–Trinajstić information content (AvgIpc) is 2.32. The molecule has 0 spiro atoms. The number of carbonyl (C=O) groups is 1. The molecule has 0 aliphatic rings. The van der Waals surface area contributed by atoms with Crippen molar-refractivity contribution in [1.82, 2.24) is 0 Å². The summed E-state index contributed by atoms with van der Waals surface area (Å²) in [5.41, 5.74) is 14.1. The molecule has 20 heavy (non-hydrogen) atoms. The Bertz CT molecular complexity index is 527. The van der Waals surface area contributed by atoms with E-state index in [2.05, 4.69) is 15.9 Å². The van der Waals surface area contributed by atoms with Crippen LogP contribution < -0.4 is 16.2 Å². The number of nitrogens with two attached hydrogens (primary N) is 2. The molecule has 4 nitrogen and oxygen atoms in total. The molecule has 0 radical (unpaired) electrons. The van der Waals surface area contributed by atoms with Crippen molar-refractivity contribution in [2.75, 3.05) is 7.11 Å². The number of halogens is 1. The molecule has 0 aromatic heterocycles. The third-order valence-electron chi connectivity index (χ3n) is 3.68. The van der Waals surface area contributed by atoms with Crippen molar-refractivity contribution in [2.24, 2.45) is 16.9 Å². The fraction of sp³-hybridized carbons (Fsp3) is 0.533. The maximum Gasteiger partial charge on any atom is 0.223 e. The Morgan fingerprint density at radius 1 is 1.45 bits per heavy atom. The number of methoxy groups -OCH3 is 1. The minimum Gasteiger partial charge on any atom is -0.496 e. The summed E-state index contributed by atoms with van der Waals surface area (Å²) in [7, 11) is 1.63. The number of hydrogen-bond donors (Lipinski definition) is 2. The lowest BCUT2D eigenvalue weighted by atomic mass is 9.81. The van der Waals surface area contributed by atoms with E-state index < -0.39 is 5.41 Å². The van der Waals surface area contributed by atoms with E-state index in [9.17, 15) is 4.79 Å². The summed E-state index contributed by atoms with van der Waals surface area (Å²) in [5.74, 6) is 0.426. The molecule has 0 heterocycles. The van der Waals surface area contributed by atoms with Gasteiger partial charge < -0.3 is 16.2 Å². The highest BCUT2D eigenvalue weighted by Gasteiger charge is 2.30. The van der Waals surface area contributed by atoms with Crippen LogP contribution in [0, 0.1) is 19.3 Å². The second kappa shape index (κ2) is 6.14. The lowest BCUT2D eigenvalue weighted by molar-refractivity contribution is -0.126. The van der Waals surface area contributed by atoms with E-state index in [4.69, 9.17) is 16.2 Å². The van der Waals surface area contributed by atoms with Crippen LogP contribution in [0.3, 0.4) is 0 Å². The molecule has 1 unspecified atom stereocenters. The van der Waals surface area contributed by atoms with E-state index in [1.807, 2.05) is 33.8 Å². The SMILES string of the molecule is COc1c(C)cc(Br)c(C)c1C(N)CC(C)(C)C(N)=O. The number of benzene rings is 1. The molecular formula is C15H23BrN2O2. The maximum atomic E-state index is 11.5. The molecule has 4 N–H and O–H groups in total. The van der Waals surface area contributed by atoms with Crippen LogP contribution in [-0.2, 0) is 4.79 Å².